The molecular formula is C12H15LiN2Si. The topological polar surface area (TPSA) is 27.0 Å². The Morgan fingerprint density at radius 3 is 2.44 bits per heavy atom. The van der Waals surface area contributed by atoms with Crippen LogP contribution < -0.4 is 18.9 Å². The SMILES string of the molecule is C[Si](C)(C)[N-]c1cccc2cccnc12.[Li+]. The Bertz CT molecular complexity index is 474. The number of para-hydroxylation sites is 1. The van der Waals surface area contributed by atoms with Crippen LogP contribution in [0.3, 0.4) is 0 Å². The van der Waals surface area contributed by atoms with Crippen molar-refractivity contribution in [3.8, 4) is 0 Å². The summed E-state index contributed by atoms with van der Waals surface area (Å²) >= 11 is 0. The van der Waals surface area contributed by atoms with Gasteiger partial charge in [-0.15, -0.1) is 5.69 Å². The fourth-order valence-electron chi connectivity index (χ4n) is 1.54. The second-order valence-corrected chi connectivity index (χ2v) is 9.20. The Labute approximate surface area is 110 Å². The summed E-state index contributed by atoms with van der Waals surface area (Å²) in [6.07, 6.45) is 1.82. The molecule has 0 fully saturated rings. The molecule has 16 heavy (non-hydrogen) atoms. The van der Waals surface area contributed by atoms with Gasteiger partial charge in [-0.3, -0.25) is 4.98 Å². The van der Waals surface area contributed by atoms with Gasteiger partial charge in [0.1, 0.15) is 0 Å². The van der Waals surface area contributed by atoms with Gasteiger partial charge in [0.25, 0.3) is 0 Å². The summed E-state index contributed by atoms with van der Waals surface area (Å²) < 4.78 is 0. The Morgan fingerprint density at radius 2 is 1.75 bits per heavy atom. The van der Waals surface area contributed by atoms with Gasteiger partial charge in [0.2, 0.25) is 0 Å². The van der Waals surface area contributed by atoms with Crippen molar-refractivity contribution < 1.29 is 18.9 Å². The number of hydrogen-bond acceptors (Lipinski definition) is 1. The normalized spacial score (nSPS) is 10.9. The zero-order valence-electron chi connectivity index (χ0n) is 10.4. The summed E-state index contributed by atoms with van der Waals surface area (Å²) in [5.41, 5.74) is 2.05. The molecule has 0 saturated heterocycles. The maximum atomic E-state index is 4.80. The molecule has 0 atom stereocenters. The summed E-state index contributed by atoms with van der Waals surface area (Å²) in [6, 6.07) is 10.2. The van der Waals surface area contributed by atoms with Crippen LogP contribution in [0.25, 0.3) is 15.9 Å². The molecule has 0 aliphatic heterocycles. The Balaban J connectivity index is 0.00000128. The van der Waals surface area contributed by atoms with Crippen LogP contribution >= 0.6 is 0 Å². The molecule has 0 aliphatic carbocycles. The van der Waals surface area contributed by atoms with Gasteiger partial charge in [-0.2, -0.15) is 0 Å². The molecule has 2 nitrogen and oxygen atoms in total. The second-order valence-electron chi connectivity index (χ2n) is 4.63. The Morgan fingerprint density at radius 1 is 1.06 bits per heavy atom. The third-order valence-electron chi connectivity index (χ3n) is 2.07. The number of benzene rings is 1. The van der Waals surface area contributed by atoms with E-state index in [0.29, 0.717) is 0 Å². The van der Waals surface area contributed by atoms with Gasteiger partial charge in [0.15, 0.2) is 0 Å². The monoisotopic (exact) mass is 222 g/mol. The second kappa shape index (κ2) is 5.05. The average Bonchev–Trinajstić information content (AvgIpc) is 2.16. The summed E-state index contributed by atoms with van der Waals surface area (Å²) in [4.78, 5) is 9.19. The number of aromatic nitrogens is 1. The zero-order valence-corrected chi connectivity index (χ0v) is 11.4. The van der Waals surface area contributed by atoms with Crippen LogP contribution in [0.4, 0.5) is 5.69 Å². The number of hydrogen-bond donors (Lipinski definition) is 0. The van der Waals surface area contributed by atoms with Gasteiger partial charge < -0.3 is 4.98 Å². The van der Waals surface area contributed by atoms with Crippen LogP contribution in [0, 0.1) is 0 Å². The van der Waals surface area contributed by atoms with Crippen LogP contribution in [-0.2, 0) is 0 Å². The van der Waals surface area contributed by atoms with Crippen LogP contribution in [0.5, 0.6) is 0 Å². The molecule has 0 spiro atoms. The minimum atomic E-state index is -1.43. The number of fused-ring (bicyclic) bond motifs is 1. The molecular weight excluding hydrogens is 207 g/mol. The van der Waals surface area contributed by atoms with Crippen molar-refractivity contribution in [2.24, 2.45) is 0 Å². The van der Waals surface area contributed by atoms with Crippen molar-refractivity contribution in [1.29, 1.82) is 0 Å². The molecule has 0 amide bonds. The average molecular weight is 222 g/mol. The van der Waals surface area contributed by atoms with Gasteiger partial charge in [0.05, 0.1) is 5.52 Å². The number of rotatable bonds is 2. The predicted molar refractivity (Wildman–Crippen MR) is 68.1 cm³/mol. The summed E-state index contributed by atoms with van der Waals surface area (Å²) in [7, 11) is -1.43. The van der Waals surface area contributed by atoms with E-state index in [-0.39, 0.29) is 18.9 Å². The van der Waals surface area contributed by atoms with E-state index in [1.807, 2.05) is 24.4 Å². The van der Waals surface area contributed by atoms with Crippen LogP contribution in [0.15, 0.2) is 36.5 Å². The van der Waals surface area contributed by atoms with Crippen molar-refractivity contribution >= 4 is 24.8 Å². The molecule has 2 rings (SSSR count). The third kappa shape index (κ3) is 3.12. The Kier molecular flexibility index (Phi) is 4.20. The molecule has 78 valence electrons. The maximum Gasteiger partial charge on any atom is 1.00 e. The minimum Gasteiger partial charge on any atom is -0.686 e. The molecule has 0 saturated carbocycles. The van der Waals surface area contributed by atoms with Crippen molar-refractivity contribution in [2.45, 2.75) is 19.6 Å². The van der Waals surface area contributed by atoms with E-state index in [1.54, 1.807) is 0 Å². The van der Waals surface area contributed by atoms with Gasteiger partial charge in [-0.1, -0.05) is 43.9 Å². The molecule has 0 radical (unpaired) electrons. The summed E-state index contributed by atoms with van der Waals surface area (Å²) in [5, 5.41) is 1.16. The van der Waals surface area contributed by atoms with Crippen molar-refractivity contribution in [3.63, 3.8) is 0 Å². The van der Waals surface area contributed by atoms with E-state index >= 15 is 0 Å². The molecule has 4 heteroatoms. The molecule has 0 N–H and O–H groups in total. The van der Waals surface area contributed by atoms with E-state index in [9.17, 15) is 0 Å². The summed E-state index contributed by atoms with van der Waals surface area (Å²) in [5.74, 6) is 0. The molecule has 0 aliphatic rings. The van der Waals surface area contributed by atoms with Crippen molar-refractivity contribution in [1.82, 2.24) is 4.98 Å². The van der Waals surface area contributed by atoms with Gasteiger partial charge >= 0.3 is 18.9 Å². The van der Waals surface area contributed by atoms with Crippen LogP contribution in [-0.4, -0.2) is 13.2 Å². The fraction of sp³-hybridized carbons (Fsp3) is 0.250. The van der Waals surface area contributed by atoms with E-state index in [0.717, 1.165) is 16.6 Å². The third-order valence-corrected chi connectivity index (χ3v) is 2.98. The van der Waals surface area contributed by atoms with Gasteiger partial charge in [-0.05, 0) is 19.7 Å². The molecule has 0 unspecified atom stereocenters. The van der Waals surface area contributed by atoms with E-state index < -0.39 is 8.24 Å². The standard InChI is InChI=1S/C12H15N2Si.Li/c1-15(2,3)14-11-8-4-6-10-7-5-9-13-12(10)11;/h4-9H,1-3H3;/q-1;+1. The molecule has 2 aromatic rings. The smallest absolute Gasteiger partial charge is 0.686 e. The quantitative estimate of drug-likeness (QED) is 0.698. The number of nitrogens with zero attached hydrogens (tertiary/aromatic N) is 2. The largest absolute Gasteiger partial charge is 1.00 e. The van der Waals surface area contributed by atoms with Crippen LogP contribution in [0.1, 0.15) is 0 Å². The first-order valence-corrected chi connectivity index (χ1v) is 8.58. The molecule has 1 aromatic carbocycles. The van der Waals surface area contributed by atoms with E-state index in [1.165, 1.54) is 0 Å². The molecule has 1 aromatic heterocycles. The Hall–Kier alpha value is -0.756. The summed E-state index contributed by atoms with van der Waals surface area (Å²) in [6.45, 7) is 6.69. The van der Waals surface area contributed by atoms with Gasteiger partial charge in [-0.25, -0.2) is 0 Å². The number of pyridine rings is 1. The first-order chi connectivity index (χ1) is 7.06. The molecule has 1 heterocycles. The first-order valence-electron chi connectivity index (χ1n) is 5.13. The van der Waals surface area contributed by atoms with Crippen molar-refractivity contribution in [2.75, 3.05) is 0 Å². The predicted octanol–water partition coefficient (Wildman–Crippen LogP) is 1.08. The van der Waals surface area contributed by atoms with Gasteiger partial charge in [0, 0.05) is 6.20 Å². The fourth-order valence-corrected chi connectivity index (χ4v) is 2.44. The van der Waals surface area contributed by atoms with Crippen LogP contribution in [0.2, 0.25) is 19.6 Å². The maximum absolute atomic E-state index is 4.80. The van der Waals surface area contributed by atoms with Crippen molar-refractivity contribution in [3.05, 3.63) is 41.5 Å². The van der Waals surface area contributed by atoms with E-state index in [4.69, 9.17) is 4.98 Å². The first kappa shape index (κ1) is 13.3. The minimum absolute atomic E-state index is 0. The van der Waals surface area contributed by atoms with E-state index in [2.05, 4.69) is 36.8 Å². The zero-order chi connectivity index (χ0) is 10.9. The molecule has 0 bridgehead atoms.